The second-order valence-corrected chi connectivity index (χ2v) is 6.80. The van der Waals surface area contributed by atoms with E-state index in [0.29, 0.717) is 18.4 Å². The summed E-state index contributed by atoms with van der Waals surface area (Å²) < 4.78 is 27.7. The van der Waals surface area contributed by atoms with Crippen molar-refractivity contribution in [2.75, 3.05) is 6.61 Å². The van der Waals surface area contributed by atoms with Crippen LogP contribution in [0.25, 0.3) is 0 Å². The molecule has 0 aliphatic carbocycles. The highest BCUT2D eigenvalue weighted by atomic mass is 32.2. The van der Waals surface area contributed by atoms with Crippen LogP contribution in [0.2, 0.25) is 0 Å². The SMILES string of the molecule is N#Cc1ccc(S(=O)(=O)NC(CCCO)c2ccccc2)cc1. The van der Waals surface area contributed by atoms with Gasteiger partial charge in [-0.3, -0.25) is 0 Å². The van der Waals surface area contributed by atoms with Gasteiger partial charge in [-0.15, -0.1) is 0 Å². The van der Waals surface area contributed by atoms with Gasteiger partial charge in [0.15, 0.2) is 0 Å². The molecule has 2 N–H and O–H groups in total. The molecule has 0 saturated carbocycles. The fourth-order valence-corrected chi connectivity index (χ4v) is 3.50. The first-order valence-corrected chi connectivity index (χ1v) is 8.73. The van der Waals surface area contributed by atoms with Crippen LogP contribution in [0.1, 0.15) is 30.0 Å². The average Bonchev–Trinajstić information content (AvgIpc) is 2.59. The first kappa shape index (κ1) is 17.2. The van der Waals surface area contributed by atoms with Crippen LogP contribution >= 0.6 is 0 Å². The highest BCUT2D eigenvalue weighted by molar-refractivity contribution is 7.89. The third-order valence-electron chi connectivity index (χ3n) is 3.44. The van der Waals surface area contributed by atoms with E-state index in [1.165, 1.54) is 24.3 Å². The Morgan fingerprint density at radius 2 is 1.74 bits per heavy atom. The molecule has 0 heterocycles. The first-order chi connectivity index (χ1) is 11.1. The first-order valence-electron chi connectivity index (χ1n) is 7.25. The molecule has 1 unspecified atom stereocenters. The Morgan fingerprint density at radius 1 is 1.09 bits per heavy atom. The van der Waals surface area contributed by atoms with Gasteiger partial charge in [-0.1, -0.05) is 30.3 Å². The smallest absolute Gasteiger partial charge is 0.241 e. The van der Waals surface area contributed by atoms with E-state index >= 15 is 0 Å². The lowest BCUT2D eigenvalue weighted by molar-refractivity contribution is 0.278. The summed E-state index contributed by atoms with van der Waals surface area (Å²) in [6.07, 6.45) is 0.992. The molecule has 0 fully saturated rings. The molecule has 0 bridgehead atoms. The highest BCUT2D eigenvalue weighted by Crippen LogP contribution is 2.21. The van der Waals surface area contributed by atoms with Crippen molar-refractivity contribution in [1.82, 2.24) is 4.72 Å². The number of aliphatic hydroxyl groups is 1. The number of hydrogen-bond donors (Lipinski definition) is 2. The summed E-state index contributed by atoms with van der Waals surface area (Å²) in [7, 11) is -3.70. The molecule has 6 heteroatoms. The van der Waals surface area contributed by atoms with Crippen LogP contribution in [0, 0.1) is 11.3 Å². The minimum Gasteiger partial charge on any atom is -0.396 e. The number of aliphatic hydroxyl groups excluding tert-OH is 1. The molecule has 0 radical (unpaired) electrons. The van der Waals surface area contributed by atoms with E-state index in [1.807, 2.05) is 36.4 Å². The van der Waals surface area contributed by atoms with Crippen molar-refractivity contribution in [3.05, 3.63) is 65.7 Å². The minimum atomic E-state index is -3.70. The van der Waals surface area contributed by atoms with Crippen molar-refractivity contribution in [3.63, 3.8) is 0 Å². The third kappa shape index (κ3) is 4.63. The van der Waals surface area contributed by atoms with Crippen molar-refractivity contribution >= 4 is 10.0 Å². The largest absolute Gasteiger partial charge is 0.396 e. The quantitative estimate of drug-likeness (QED) is 0.815. The van der Waals surface area contributed by atoms with Gasteiger partial charge in [0.25, 0.3) is 0 Å². The van der Waals surface area contributed by atoms with E-state index in [-0.39, 0.29) is 11.5 Å². The zero-order valence-corrected chi connectivity index (χ0v) is 13.3. The van der Waals surface area contributed by atoms with Crippen molar-refractivity contribution in [2.45, 2.75) is 23.8 Å². The molecule has 2 rings (SSSR count). The number of sulfonamides is 1. The number of rotatable bonds is 7. The number of nitrogens with one attached hydrogen (secondary N) is 1. The lowest BCUT2D eigenvalue weighted by Crippen LogP contribution is -2.29. The van der Waals surface area contributed by atoms with Gasteiger partial charge in [-0.25, -0.2) is 13.1 Å². The van der Waals surface area contributed by atoms with E-state index < -0.39 is 16.1 Å². The summed E-state index contributed by atoms with van der Waals surface area (Å²) in [6.45, 7) is 0.00191. The molecular weight excluding hydrogens is 312 g/mol. The van der Waals surface area contributed by atoms with Crippen molar-refractivity contribution in [3.8, 4) is 6.07 Å². The Bertz CT molecular complexity index is 766. The summed E-state index contributed by atoms with van der Waals surface area (Å²) in [5, 5.41) is 17.8. The van der Waals surface area contributed by atoms with E-state index in [9.17, 15) is 8.42 Å². The predicted molar refractivity (Wildman–Crippen MR) is 87.0 cm³/mol. The summed E-state index contributed by atoms with van der Waals surface area (Å²) in [6, 6.07) is 16.6. The highest BCUT2D eigenvalue weighted by Gasteiger charge is 2.21. The van der Waals surface area contributed by atoms with Crippen LogP contribution in [0.4, 0.5) is 0 Å². The van der Waals surface area contributed by atoms with Gasteiger partial charge in [0.05, 0.1) is 16.5 Å². The molecule has 120 valence electrons. The second kappa shape index (κ2) is 7.88. The molecule has 0 aliphatic heterocycles. The second-order valence-electron chi connectivity index (χ2n) is 5.09. The Morgan fingerprint density at radius 3 is 2.30 bits per heavy atom. The molecule has 2 aromatic rings. The van der Waals surface area contributed by atoms with E-state index in [2.05, 4.69) is 4.72 Å². The lowest BCUT2D eigenvalue weighted by atomic mass is 10.0. The minimum absolute atomic E-state index is 0.00191. The van der Waals surface area contributed by atoms with Crippen LogP contribution < -0.4 is 4.72 Å². The predicted octanol–water partition coefficient (Wildman–Crippen LogP) is 2.35. The topological polar surface area (TPSA) is 90.2 Å². The van der Waals surface area contributed by atoms with E-state index in [4.69, 9.17) is 10.4 Å². The Hall–Kier alpha value is -2.20. The summed E-state index contributed by atoms with van der Waals surface area (Å²) in [4.78, 5) is 0.112. The van der Waals surface area contributed by atoms with Gasteiger partial charge >= 0.3 is 0 Å². The summed E-state index contributed by atoms with van der Waals surface area (Å²) in [5.74, 6) is 0. The standard InChI is InChI=1S/C17H18N2O3S/c18-13-14-8-10-16(11-9-14)23(21,22)19-17(7-4-12-20)15-5-2-1-3-6-15/h1-3,5-6,8-11,17,19-20H,4,7,12H2. The summed E-state index contributed by atoms with van der Waals surface area (Å²) >= 11 is 0. The zero-order valence-electron chi connectivity index (χ0n) is 12.5. The molecule has 1 atom stereocenters. The van der Waals surface area contributed by atoms with Gasteiger partial charge in [0.1, 0.15) is 0 Å². The molecule has 0 amide bonds. The van der Waals surface area contributed by atoms with Crippen molar-refractivity contribution in [1.29, 1.82) is 5.26 Å². The van der Waals surface area contributed by atoms with Gasteiger partial charge in [-0.05, 0) is 42.7 Å². The number of hydrogen-bond acceptors (Lipinski definition) is 4. The van der Waals surface area contributed by atoms with E-state index in [1.54, 1.807) is 0 Å². The van der Waals surface area contributed by atoms with Gasteiger partial charge in [0.2, 0.25) is 10.0 Å². The van der Waals surface area contributed by atoms with Crippen molar-refractivity contribution < 1.29 is 13.5 Å². The molecule has 0 saturated heterocycles. The Kier molecular flexibility index (Phi) is 5.88. The van der Waals surface area contributed by atoms with Gasteiger partial charge in [0, 0.05) is 12.6 Å². The molecular formula is C17H18N2O3S. The van der Waals surface area contributed by atoms with Crippen LogP contribution in [0.5, 0.6) is 0 Å². The van der Waals surface area contributed by atoms with E-state index in [0.717, 1.165) is 5.56 Å². The Balaban J connectivity index is 2.24. The molecule has 0 aliphatic rings. The van der Waals surface area contributed by atoms with Gasteiger partial charge in [-0.2, -0.15) is 5.26 Å². The van der Waals surface area contributed by atoms with Gasteiger partial charge < -0.3 is 5.11 Å². The maximum Gasteiger partial charge on any atom is 0.241 e. The Labute approximate surface area is 136 Å². The fraction of sp³-hybridized carbons (Fsp3) is 0.235. The number of nitriles is 1. The lowest BCUT2D eigenvalue weighted by Gasteiger charge is -2.19. The summed E-state index contributed by atoms with van der Waals surface area (Å²) in [5.41, 5.74) is 1.25. The monoisotopic (exact) mass is 330 g/mol. The van der Waals surface area contributed by atoms with Crippen molar-refractivity contribution in [2.24, 2.45) is 0 Å². The number of benzene rings is 2. The van der Waals surface area contributed by atoms with Crippen LogP contribution in [0.15, 0.2) is 59.5 Å². The third-order valence-corrected chi connectivity index (χ3v) is 4.93. The molecule has 0 spiro atoms. The van der Waals surface area contributed by atoms with Crippen LogP contribution in [-0.2, 0) is 10.0 Å². The van der Waals surface area contributed by atoms with Crippen LogP contribution in [0.3, 0.4) is 0 Å². The molecule has 2 aromatic carbocycles. The normalized spacial score (nSPS) is 12.5. The van der Waals surface area contributed by atoms with Crippen LogP contribution in [-0.4, -0.2) is 20.1 Å². The molecule has 23 heavy (non-hydrogen) atoms. The molecule has 5 nitrogen and oxygen atoms in total. The maximum atomic E-state index is 12.5. The average molecular weight is 330 g/mol. The molecule has 0 aromatic heterocycles. The fourth-order valence-electron chi connectivity index (χ4n) is 2.24. The number of nitrogens with zero attached hydrogens (tertiary/aromatic N) is 1. The zero-order chi connectivity index (χ0) is 16.7. The maximum absolute atomic E-state index is 12.5.